The van der Waals surface area contributed by atoms with Gasteiger partial charge >= 0.3 is 26.2 Å². The maximum absolute atomic E-state index is 2.42. The van der Waals surface area contributed by atoms with Crippen molar-refractivity contribution in [3.05, 3.63) is 108 Å². The van der Waals surface area contributed by atoms with Crippen LogP contribution in [0.25, 0.3) is 10.8 Å². The number of anilines is 1. The Labute approximate surface area is 212 Å². The molecule has 1 nitrogen and oxygen atoms in total. The first-order valence-corrected chi connectivity index (χ1v) is 12.0. The van der Waals surface area contributed by atoms with Gasteiger partial charge in [-0.25, -0.2) is 0 Å². The molecule has 1 aliphatic carbocycles. The van der Waals surface area contributed by atoms with Crippen molar-refractivity contribution in [2.75, 3.05) is 11.4 Å². The fraction of sp³-hybridized carbons (Fsp3) is 0.120. The molecular formula is C25H24Cl2NSiZr. The summed E-state index contributed by atoms with van der Waals surface area (Å²) in [5, 5.41) is 2.66. The number of allylic oxidation sites excluding steroid dienone is 3. The van der Waals surface area contributed by atoms with Gasteiger partial charge in [0.15, 0.2) is 0 Å². The van der Waals surface area contributed by atoms with Crippen LogP contribution in [0.1, 0.15) is 0 Å². The van der Waals surface area contributed by atoms with Crippen LogP contribution in [0.15, 0.2) is 108 Å². The van der Waals surface area contributed by atoms with Crippen LogP contribution >= 0.6 is 0 Å². The van der Waals surface area contributed by atoms with Crippen molar-refractivity contribution in [1.82, 2.24) is 0 Å². The predicted molar refractivity (Wildman–Crippen MR) is 121 cm³/mol. The van der Waals surface area contributed by atoms with Crippen LogP contribution in [-0.2, 0) is 26.2 Å². The van der Waals surface area contributed by atoms with Gasteiger partial charge in [0.25, 0.3) is 0 Å². The summed E-state index contributed by atoms with van der Waals surface area (Å²) in [6.45, 7) is 5.65. The molecule has 1 aliphatic heterocycles. The average molecular weight is 529 g/mol. The van der Waals surface area contributed by atoms with E-state index in [2.05, 4.69) is 115 Å². The van der Waals surface area contributed by atoms with E-state index < -0.39 is 0 Å². The van der Waals surface area contributed by atoms with Gasteiger partial charge in [-0.1, -0.05) is 43.0 Å². The summed E-state index contributed by atoms with van der Waals surface area (Å²) in [5.74, 6) is 0. The van der Waals surface area contributed by atoms with Crippen LogP contribution in [0.5, 0.6) is 0 Å². The van der Waals surface area contributed by atoms with Gasteiger partial charge in [0, 0.05) is 26.8 Å². The van der Waals surface area contributed by atoms with Crippen molar-refractivity contribution < 1.29 is 51.0 Å². The van der Waals surface area contributed by atoms with E-state index in [0.717, 1.165) is 6.54 Å². The summed E-state index contributed by atoms with van der Waals surface area (Å²) in [4.78, 5) is 2.32. The Morgan fingerprint density at radius 2 is 1.60 bits per heavy atom. The molecule has 1 heterocycles. The van der Waals surface area contributed by atoms with Gasteiger partial charge in [-0.05, 0) is 41.0 Å². The smallest absolute Gasteiger partial charge is 1.00 e. The second-order valence-corrected chi connectivity index (χ2v) is 9.68. The molecule has 0 spiro atoms. The quantitative estimate of drug-likeness (QED) is 0.334. The Balaban J connectivity index is 0.000000321. The minimum Gasteiger partial charge on any atom is -1.00 e. The molecule has 1 radical (unpaired) electrons. The number of hydrogen-bond donors (Lipinski definition) is 0. The number of benzene rings is 2. The largest absolute Gasteiger partial charge is 3.00 e. The molecule has 2 aliphatic rings. The monoisotopic (exact) mass is 526 g/mol. The Morgan fingerprint density at radius 1 is 0.900 bits per heavy atom. The van der Waals surface area contributed by atoms with Crippen LogP contribution in [0.4, 0.5) is 5.69 Å². The summed E-state index contributed by atoms with van der Waals surface area (Å²) < 4.78 is 0. The molecule has 0 saturated heterocycles. The van der Waals surface area contributed by atoms with E-state index in [0.29, 0.717) is 0 Å². The first-order chi connectivity index (χ1) is 13.2. The Hall–Kier alpha value is -1.38. The van der Waals surface area contributed by atoms with Gasteiger partial charge in [0.1, 0.15) is 0 Å². The molecule has 0 saturated carbocycles. The molecule has 0 unspecified atom stereocenters. The average Bonchev–Trinajstić information content (AvgIpc) is 3.36. The van der Waals surface area contributed by atoms with Crippen molar-refractivity contribution in [3.63, 3.8) is 0 Å². The predicted octanol–water partition coefficient (Wildman–Crippen LogP) is -0.0406. The van der Waals surface area contributed by atoms with Crippen LogP contribution in [0.3, 0.4) is 0 Å². The van der Waals surface area contributed by atoms with Crippen molar-refractivity contribution in [1.29, 1.82) is 0 Å². The zero-order valence-electron chi connectivity index (χ0n) is 17.1. The molecule has 5 rings (SSSR count). The Morgan fingerprint density at radius 3 is 2.27 bits per heavy atom. The van der Waals surface area contributed by atoms with Crippen LogP contribution in [0.2, 0.25) is 13.1 Å². The molecule has 3 aromatic rings. The SMILES string of the molecule is C[Si](C)=CC1=CC2=CN(c3ccccc3)CC2=C1.[Cl-].[Cl-].[Zr+3].c1ccc2[cH-]ccc2c1. The van der Waals surface area contributed by atoms with Crippen molar-refractivity contribution in [2.24, 2.45) is 0 Å². The third-order valence-corrected chi connectivity index (χ3v) is 5.67. The molecule has 0 amide bonds. The number of hydrogen-bond acceptors (Lipinski definition) is 1. The molecule has 30 heavy (non-hydrogen) atoms. The van der Waals surface area contributed by atoms with E-state index in [4.69, 9.17) is 0 Å². The normalized spacial score (nSPS) is 13.3. The molecule has 5 heteroatoms. The van der Waals surface area contributed by atoms with Crippen LogP contribution < -0.4 is 29.7 Å². The van der Waals surface area contributed by atoms with E-state index in [1.54, 1.807) is 0 Å². The van der Waals surface area contributed by atoms with Crippen molar-refractivity contribution in [3.8, 4) is 0 Å². The first kappa shape index (κ1) is 26.7. The first-order valence-electron chi connectivity index (χ1n) is 9.40. The fourth-order valence-corrected chi connectivity index (χ4v) is 4.36. The maximum atomic E-state index is 2.42. The number of halogens is 2. The number of nitrogens with zero attached hydrogens (tertiary/aromatic N) is 1. The molecule has 0 aromatic heterocycles. The van der Waals surface area contributed by atoms with E-state index >= 15 is 0 Å². The molecule has 3 aromatic carbocycles. The van der Waals surface area contributed by atoms with Crippen LogP contribution in [0, 0.1) is 0 Å². The Bertz CT molecular complexity index is 1050. The van der Waals surface area contributed by atoms with Gasteiger partial charge in [0.2, 0.25) is 0 Å². The van der Waals surface area contributed by atoms with Gasteiger partial charge in [-0.3, -0.25) is 0 Å². The molecule has 0 bridgehead atoms. The zero-order chi connectivity index (χ0) is 18.6. The minimum absolute atomic E-state index is 0. The van der Waals surface area contributed by atoms with Crippen molar-refractivity contribution >= 4 is 30.5 Å². The Kier molecular flexibility index (Phi) is 11.1. The third kappa shape index (κ3) is 6.56. The molecule has 0 fully saturated rings. The number of rotatable bonds is 2. The number of para-hydroxylation sites is 1. The van der Waals surface area contributed by atoms with E-state index in [1.807, 2.05) is 0 Å². The summed E-state index contributed by atoms with van der Waals surface area (Å²) in [7, 11) is -0.292. The van der Waals surface area contributed by atoms with E-state index in [9.17, 15) is 0 Å². The molecule has 0 atom stereocenters. The standard InChI is InChI=1S/C16H17NSi.C9H7.2ClH.Zr/c1-18(2)12-13-8-14-10-17(11-15(14)9-13)16-6-4-3-5-7-16;1-2-5-9-7-3-6-8(9)4-1;;;/h3-10,12H,11H2,1-2H3;1-7H;2*1H;/q;-1;;;+3/p-2. The second-order valence-electron chi connectivity index (χ2n) is 7.24. The third-order valence-electron chi connectivity index (χ3n) is 4.76. The van der Waals surface area contributed by atoms with Gasteiger partial charge < -0.3 is 29.7 Å². The topological polar surface area (TPSA) is 3.24 Å². The van der Waals surface area contributed by atoms with Gasteiger partial charge in [0.05, 0.1) is 0 Å². The molecular weight excluding hydrogens is 504 g/mol. The summed E-state index contributed by atoms with van der Waals surface area (Å²) >= 11 is 0. The molecule has 151 valence electrons. The summed E-state index contributed by atoms with van der Waals surface area (Å²) in [6.07, 6.45) is 6.92. The zero-order valence-corrected chi connectivity index (χ0v) is 22.1. The fourth-order valence-electron chi connectivity index (χ4n) is 3.52. The minimum atomic E-state index is -0.292. The maximum Gasteiger partial charge on any atom is 3.00 e. The van der Waals surface area contributed by atoms with Crippen molar-refractivity contribution in [2.45, 2.75) is 13.1 Å². The van der Waals surface area contributed by atoms with Gasteiger partial charge in [-0.2, -0.15) is 17.5 Å². The summed E-state index contributed by atoms with van der Waals surface area (Å²) in [5.41, 5.74) is 7.93. The van der Waals surface area contributed by atoms with E-state index in [1.165, 1.54) is 33.2 Å². The van der Waals surface area contributed by atoms with Gasteiger partial charge in [-0.15, -0.1) is 29.7 Å². The number of fused-ring (bicyclic) bond motifs is 2. The molecule has 0 N–H and O–H groups in total. The second kappa shape index (κ2) is 12.5. The summed E-state index contributed by atoms with van der Waals surface area (Å²) in [6, 6.07) is 25.2. The van der Waals surface area contributed by atoms with Crippen LogP contribution in [-0.4, -0.2) is 20.6 Å². The van der Waals surface area contributed by atoms with E-state index in [-0.39, 0.29) is 59.4 Å².